The van der Waals surface area contributed by atoms with Gasteiger partial charge in [-0.15, -0.1) is 0 Å². The van der Waals surface area contributed by atoms with E-state index in [1.54, 1.807) is 19.8 Å². The summed E-state index contributed by atoms with van der Waals surface area (Å²) in [6.07, 6.45) is 8.55. The quantitative estimate of drug-likeness (QED) is 0.649. The van der Waals surface area contributed by atoms with Gasteiger partial charge in [0.25, 0.3) is 0 Å². The molecule has 6 nitrogen and oxygen atoms in total. The predicted molar refractivity (Wildman–Crippen MR) is 109 cm³/mol. The number of nitrogens with zero attached hydrogens (tertiary/aromatic N) is 2. The molecule has 0 saturated carbocycles. The van der Waals surface area contributed by atoms with Crippen LogP contribution >= 0.6 is 0 Å². The van der Waals surface area contributed by atoms with E-state index in [0.29, 0.717) is 11.7 Å². The Morgan fingerprint density at radius 1 is 1.07 bits per heavy atom. The minimum Gasteiger partial charge on any atom is -0.497 e. The van der Waals surface area contributed by atoms with Crippen LogP contribution in [0.25, 0.3) is 0 Å². The van der Waals surface area contributed by atoms with Crippen molar-refractivity contribution in [1.82, 2.24) is 9.97 Å². The van der Waals surface area contributed by atoms with Gasteiger partial charge in [0, 0.05) is 24.4 Å². The molecule has 0 spiro atoms. The standard InChI is InChI=1S/C21H28N4O2/c1-15-13-20(22-12-11-16-7-5-4-6-8-16)25-21(23-15)24-18-10-9-17(26-2)14-19(18)27-3/h7,9-10,13-14H,4-6,8,11-12H2,1-3H3,(H2,22,23,24,25). The molecule has 1 heterocycles. The summed E-state index contributed by atoms with van der Waals surface area (Å²) >= 11 is 0. The Labute approximate surface area is 161 Å². The van der Waals surface area contributed by atoms with Crippen LogP contribution in [0.1, 0.15) is 37.8 Å². The van der Waals surface area contributed by atoms with Crippen LogP contribution in [0.4, 0.5) is 17.5 Å². The largest absolute Gasteiger partial charge is 0.497 e. The zero-order valence-electron chi connectivity index (χ0n) is 16.3. The minimum absolute atomic E-state index is 0.540. The number of hydrogen-bond acceptors (Lipinski definition) is 6. The van der Waals surface area contributed by atoms with Gasteiger partial charge in [0.15, 0.2) is 0 Å². The SMILES string of the molecule is COc1ccc(Nc2nc(C)cc(NCCC3=CCCCC3)n2)c(OC)c1. The molecule has 2 N–H and O–H groups in total. The third-order valence-electron chi connectivity index (χ3n) is 4.65. The van der Waals surface area contributed by atoms with Gasteiger partial charge in [0.05, 0.1) is 19.9 Å². The summed E-state index contributed by atoms with van der Waals surface area (Å²) in [5, 5.41) is 6.66. The van der Waals surface area contributed by atoms with Gasteiger partial charge < -0.3 is 20.1 Å². The lowest BCUT2D eigenvalue weighted by molar-refractivity contribution is 0.395. The lowest BCUT2D eigenvalue weighted by Gasteiger charge is -2.14. The molecule has 2 aromatic rings. The van der Waals surface area contributed by atoms with Gasteiger partial charge in [-0.05, 0) is 51.2 Å². The fourth-order valence-electron chi connectivity index (χ4n) is 3.22. The van der Waals surface area contributed by atoms with Gasteiger partial charge >= 0.3 is 0 Å². The molecule has 0 saturated heterocycles. The molecule has 1 aliphatic carbocycles. The molecule has 6 heteroatoms. The summed E-state index contributed by atoms with van der Waals surface area (Å²) in [4.78, 5) is 9.07. The number of aromatic nitrogens is 2. The molecule has 0 amide bonds. The van der Waals surface area contributed by atoms with Crippen LogP contribution in [0.2, 0.25) is 0 Å². The predicted octanol–water partition coefficient (Wildman–Crippen LogP) is 4.85. The highest BCUT2D eigenvalue weighted by Gasteiger charge is 2.09. The average Bonchev–Trinajstić information content (AvgIpc) is 2.69. The number of hydrogen-bond donors (Lipinski definition) is 2. The van der Waals surface area contributed by atoms with Gasteiger partial charge in [-0.3, -0.25) is 0 Å². The smallest absolute Gasteiger partial charge is 0.229 e. The fourth-order valence-corrected chi connectivity index (χ4v) is 3.22. The summed E-state index contributed by atoms with van der Waals surface area (Å²) in [5.74, 6) is 2.78. The number of anilines is 3. The second kappa shape index (κ2) is 9.26. The molecule has 3 rings (SSSR count). The molecular weight excluding hydrogens is 340 g/mol. The van der Waals surface area contributed by atoms with E-state index in [-0.39, 0.29) is 0 Å². The summed E-state index contributed by atoms with van der Waals surface area (Å²) < 4.78 is 10.7. The molecule has 1 aromatic carbocycles. The van der Waals surface area contributed by atoms with Crippen molar-refractivity contribution in [3.63, 3.8) is 0 Å². The maximum Gasteiger partial charge on any atom is 0.229 e. The van der Waals surface area contributed by atoms with Gasteiger partial charge in [0.2, 0.25) is 5.95 Å². The molecule has 0 aliphatic heterocycles. The van der Waals surface area contributed by atoms with E-state index in [1.807, 2.05) is 31.2 Å². The highest BCUT2D eigenvalue weighted by Crippen LogP contribution is 2.31. The van der Waals surface area contributed by atoms with Crippen LogP contribution in [0.3, 0.4) is 0 Å². The Bertz CT molecular complexity index is 805. The summed E-state index contributed by atoms with van der Waals surface area (Å²) in [6, 6.07) is 7.56. The Morgan fingerprint density at radius 2 is 1.96 bits per heavy atom. The van der Waals surface area contributed by atoms with Crippen molar-refractivity contribution >= 4 is 17.5 Å². The van der Waals surface area contributed by atoms with Gasteiger partial charge in [0.1, 0.15) is 17.3 Å². The highest BCUT2D eigenvalue weighted by atomic mass is 16.5. The summed E-state index contributed by atoms with van der Waals surface area (Å²) in [6.45, 7) is 2.85. The van der Waals surface area contributed by atoms with E-state index < -0.39 is 0 Å². The van der Waals surface area contributed by atoms with Crippen LogP contribution < -0.4 is 20.1 Å². The highest BCUT2D eigenvalue weighted by molar-refractivity contribution is 5.65. The van der Waals surface area contributed by atoms with Crippen molar-refractivity contribution in [2.75, 3.05) is 31.4 Å². The van der Waals surface area contributed by atoms with Crippen LogP contribution in [-0.4, -0.2) is 30.7 Å². The fraction of sp³-hybridized carbons (Fsp3) is 0.429. The maximum absolute atomic E-state index is 5.43. The number of allylic oxidation sites excluding steroid dienone is 1. The van der Waals surface area contributed by atoms with Crippen molar-refractivity contribution in [2.45, 2.75) is 39.0 Å². The third kappa shape index (κ3) is 5.36. The normalized spacial score (nSPS) is 13.7. The van der Waals surface area contributed by atoms with Crippen molar-refractivity contribution < 1.29 is 9.47 Å². The van der Waals surface area contributed by atoms with Crippen molar-refractivity contribution in [3.05, 3.63) is 41.6 Å². The number of methoxy groups -OCH3 is 2. The Kier molecular flexibility index (Phi) is 6.52. The van der Waals surface area contributed by atoms with Gasteiger partial charge in [-0.1, -0.05) is 11.6 Å². The zero-order valence-corrected chi connectivity index (χ0v) is 16.3. The number of rotatable bonds is 8. The van der Waals surface area contributed by atoms with E-state index in [9.17, 15) is 0 Å². The first-order valence-electron chi connectivity index (χ1n) is 9.44. The molecule has 0 fully saturated rings. The Morgan fingerprint density at radius 3 is 2.70 bits per heavy atom. The van der Waals surface area contributed by atoms with E-state index in [2.05, 4.69) is 26.7 Å². The molecule has 27 heavy (non-hydrogen) atoms. The van der Waals surface area contributed by atoms with Gasteiger partial charge in [-0.25, -0.2) is 4.98 Å². The second-order valence-electron chi connectivity index (χ2n) is 6.69. The van der Waals surface area contributed by atoms with Crippen LogP contribution in [0, 0.1) is 6.92 Å². The molecule has 144 valence electrons. The van der Waals surface area contributed by atoms with Crippen molar-refractivity contribution in [3.8, 4) is 11.5 Å². The first-order chi connectivity index (χ1) is 13.2. The molecule has 1 aromatic heterocycles. The lowest BCUT2D eigenvalue weighted by atomic mass is 9.97. The average molecular weight is 368 g/mol. The molecular formula is C21H28N4O2. The minimum atomic E-state index is 0.540. The summed E-state index contributed by atoms with van der Waals surface area (Å²) in [5.41, 5.74) is 3.25. The maximum atomic E-state index is 5.43. The number of aryl methyl sites for hydroxylation is 1. The van der Waals surface area contributed by atoms with E-state index in [1.165, 1.54) is 25.7 Å². The van der Waals surface area contributed by atoms with Crippen molar-refractivity contribution in [1.29, 1.82) is 0 Å². The molecule has 0 radical (unpaired) electrons. The first-order valence-corrected chi connectivity index (χ1v) is 9.44. The molecule has 0 atom stereocenters. The molecule has 1 aliphatic rings. The first kappa shape index (κ1) is 19.0. The lowest BCUT2D eigenvalue weighted by Crippen LogP contribution is -2.08. The van der Waals surface area contributed by atoms with E-state index >= 15 is 0 Å². The van der Waals surface area contributed by atoms with Gasteiger partial charge in [-0.2, -0.15) is 4.98 Å². The monoisotopic (exact) mass is 368 g/mol. The van der Waals surface area contributed by atoms with Crippen LogP contribution in [-0.2, 0) is 0 Å². The van der Waals surface area contributed by atoms with Crippen molar-refractivity contribution in [2.24, 2.45) is 0 Å². The van der Waals surface area contributed by atoms with E-state index in [0.717, 1.165) is 35.9 Å². The third-order valence-corrected chi connectivity index (χ3v) is 4.65. The molecule has 0 bridgehead atoms. The number of nitrogens with one attached hydrogen (secondary N) is 2. The second-order valence-corrected chi connectivity index (χ2v) is 6.69. The zero-order chi connectivity index (χ0) is 19.1. The summed E-state index contributed by atoms with van der Waals surface area (Å²) in [7, 11) is 3.26. The van der Waals surface area contributed by atoms with Crippen LogP contribution in [0.5, 0.6) is 11.5 Å². The van der Waals surface area contributed by atoms with Crippen LogP contribution in [0.15, 0.2) is 35.9 Å². The molecule has 0 unspecified atom stereocenters. The van der Waals surface area contributed by atoms with E-state index in [4.69, 9.17) is 9.47 Å². The Balaban J connectivity index is 1.67. The Hall–Kier alpha value is -2.76. The topological polar surface area (TPSA) is 68.3 Å². The number of ether oxygens (including phenoxy) is 2. The number of benzene rings is 1.